The quantitative estimate of drug-likeness (QED) is 0.488. The standard InChI is InChI=1S/C13H9BN2O5/c15-5-8-3-12(21-18)13(16-6-8)20-10-1-2-11-9(4-10)7-19-14(11)17/h1-4,6,17-18H,7H2. The van der Waals surface area contributed by atoms with Crippen molar-refractivity contribution in [3.05, 3.63) is 41.6 Å². The first-order valence-corrected chi connectivity index (χ1v) is 6.03. The van der Waals surface area contributed by atoms with Gasteiger partial charge in [0.15, 0.2) is 0 Å². The van der Waals surface area contributed by atoms with Gasteiger partial charge in [-0.2, -0.15) is 5.26 Å². The fraction of sp³-hybridized carbons (Fsp3) is 0.0769. The van der Waals surface area contributed by atoms with Gasteiger partial charge in [-0.3, -0.25) is 0 Å². The van der Waals surface area contributed by atoms with E-state index in [9.17, 15) is 5.02 Å². The zero-order valence-corrected chi connectivity index (χ0v) is 10.7. The molecule has 2 aromatic rings. The number of nitrogens with zero attached hydrogens (tertiary/aromatic N) is 2. The number of pyridine rings is 1. The summed E-state index contributed by atoms with van der Waals surface area (Å²) >= 11 is 0. The topological polar surface area (TPSA) is 105 Å². The third kappa shape index (κ3) is 2.53. The van der Waals surface area contributed by atoms with Crippen molar-refractivity contribution in [2.75, 3.05) is 0 Å². The van der Waals surface area contributed by atoms with Crippen molar-refractivity contribution in [3.63, 3.8) is 0 Å². The van der Waals surface area contributed by atoms with Crippen LogP contribution in [0.1, 0.15) is 11.1 Å². The van der Waals surface area contributed by atoms with Crippen molar-refractivity contribution in [2.45, 2.75) is 6.61 Å². The molecule has 7 nitrogen and oxygen atoms in total. The Bertz CT molecular complexity index is 731. The lowest BCUT2D eigenvalue weighted by molar-refractivity contribution is -0.139. The number of fused-ring (bicyclic) bond motifs is 1. The summed E-state index contributed by atoms with van der Waals surface area (Å²) in [6.45, 7) is 0.290. The molecule has 0 aliphatic carbocycles. The molecule has 0 spiro atoms. The molecule has 0 saturated carbocycles. The fourth-order valence-corrected chi connectivity index (χ4v) is 2.02. The molecule has 1 aliphatic rings. The first kappa shape index (κ1) is 13.4. The Morgan fingerprint density at radius 3 is 3.00 bits per heavy atom. The maximum absolute atomic E-state index is 9.54. The number of hydrogen-bond acceptors (Lipinski definition) is 7. The molecule has 2 heterocycles. The lowest BCUT2D eigenvalue weighted by atomic mass is 9.80. The fourth-order valence-electron chi connectivity index (χ4n) is 2.02. The summed E-state index contributed by atoms with van der Waals surface area (Å²) in [4.78, 5) is 8.08. The molecule has 0 bridgehead atoms. The number of hydrogen-bond donors (Lipinski definition) is 2. The largest absolute Gasteiger partial charge is 0.491 e. The average Bonchev–Trinajstić information content (AvgIpc) is 2.88. The highest BCUT2D eigenvalue weighted by molar-refractivity contribution is 6.61. The van der Waals surface area contributed by atoms with Gasteiger partial charge in [0, 0.05) is 12.3 Å². The maximum atomic E-state index is 9.54. The second-order valence-corrected chi connectivity index (χ2v) is 4.36. The second kappa shape index (κ2) is 5.42. The molecule has 0 amide bonds. The Morgan fingerprint density at radius 2 is 2.24 bits per heavy atom. The number of benzene rings is 1. The predicted octanol–water partition coefficient (Wildman–Crippen LogP) is 0.815. The number of ether oxygens (including phenoxy) is 1. The van der Waals surface area contributed by atoms with Gasteiger partial charge in [-0.25, -0.2) is 10.2 Å². The van der Waals surface area contributed by atoms with Crippen LogP contribution in [0.5, 0.6) is 17.4 Å². The molecule has 0 atom stereocenters. The van der Waals surface area contributed by atoms with E-state index >= 15 is 0 Å². The van der Waals surface area contributed by atoms with Gasteiger partial charge in [-0.1, -0.05) is 6.07 Å². The van der Waals surface area contributed by atoms with Crippen molar-refractivity contribution in [3.8, 4) is 23.4 Å². The first-order valence-electron chi connectivity index (χ1n) is 6.03. The van der Waals surface area contributed by atoms with Gasteiger partial charge in [0.25, 0.3) is 5.88 Å². The van der Waals surface area contributed by atoms with Crippen LogP contribution < -0.4 is 15.1 Å². The lowest BCUT2D eigenvalue weighted by Crippen LogP contribution is -2.27. The monoisotopic (exact) mass is 284 g/mol. The summed E-state index contributed by atoms with van der Waals surface area (Å²) in [5.41, 5.74) is 1.73. The van der Waals surface area contributed by atoms with Crippen LogP contribution in [-0.4, -0.2) is 22.4 Å². The zero-order chi connectivity index (χ0) is 14.8. The summed E-state index contributed by atoms with van der Waals surface area (Å²) in [5, 5.41) is 27.1. The zero-order valence-electron chi connectivity index (χ0n) is 10.7. The summed E-state index contributed by atoms with van der Waals surface area (Å²) in [6.07, 6.45) is 1.30. The molecule has 3 rings (SSSR count). The van der Waals surface area contributed by atoms with E-state index in [2.05, 4.69) is 9.87 Å². The van der Waals surface area contributed by atoms with Crippen LogP contribution in [0.2, 0.25) is 0 Å². The third-order valence-electron chi connectivity index (χ3n) is 3.04. The smallest absolute Gasteiger partial charge is 0.436 e. The van der Waals surface area contributed by atoms with Gasteiger partial charge >= 0.3 is 7.12 Å². The van der Waals surface area contributed by atoms with E-state index < -0.39 is 7.12 Å². The van der Waals surface area contributed by atoms with E-state index in [0.29, 0.717) is 11.2 Å². The van der Waals surface area contributed by atoms with Crippen molar-refractivity contribution in [2.24, 2.45) is 0 Å². The van der Waals surface area contributed by atoms with Gasteiger partial charge in [0.05, 0.1) is 12.2 Å². The Morgan fingerprint density at radius 1 is 1.38 bits per heavy atom. The molecule has 1 aromatic heterocycles. The number of nitriles is 1. The van der Waals surface area contributed by atoms with E-state index in [0.717, 1.165) is 5.56 Å². The average molecular weight is 284 g/mol. The minimum absolute atomic E-state index is 0.0240. The molecule has 21 heavy (non-hydrogen) atoms. The molecular weight excluding hydrogens is 275 g/mol. The Balaban J connectivity index is 1.89. The Hall–Kier alpha value is -2.60. The highest BCUT2D eigenvalue weighted by Crippen LogP contribution is 2.30. The molecule has 0 saturated heterocycles. The second-order valence-electron chi connectivity index (χ2n) is 4.36. The highest BCUT2D eigenvalue weighted by atomic mass is 17.1. The van der Waals surface area contributed by atoms with E-state index in [4.69, 9.17) is 19.9 Å². The minimum atomic E-state index is -0.918. The van der Waals surface area contributed by atoms with Gasteiger partial charge in [0.1, 0.15) is 11.8 Å². The van der Waals surface area contributed by atoms with Crippen LogP contribution in [0.4, 0.5) is 0 Å². The summed E-state index contributed by atoms with van der Waals surface area (Å²) in [6, 6.07) is 8.21. The van der Waals surface area contributed by atoms with Crippen molar-refractivity contribution in [1.82, 2.24) is 4.98 Å². The molecule has 0 radical (unpaired) electrons. The Labute approximate surface area is 120 Å². The van der Waals surface area contributed by atoms with E-state index in [-0.39, 0.29) is 23.8 Å². The van der Waals surface area contributed by atoms with Gasteiger partial charge in [0.2, 0.25) is 5.75 Å². The van der Waals surface area contributed by atoms with Crippen LogP contribution in [0.25, 0.3) is 0 Å². The maximum Gasteiger partial charge on any atom is 0.491 e. The number of aromatic nitrogens is 1. The van der Waals surface area contributed by atoms with Crippen LogP contribution in [0.3, 0.4) is 0 Å². The lowest BCUT2D eigenvalue weighted by Gasteiger charge is -2.09. The van der Waals surface area contributed by atoms with E-state index in [1.54, 1.807) is 18.2 Å². The first-order chi connectivity index (χ1) is 10.2. The molecule has 2 N–H and O–H groups in total. The summed E-state index contributed by atoms with van der Waals surface area (Å²) in [5.74, 6) is 0.406. The van der Waals surface area contributed by atoms with Gasteiger partial charge < -0.3 is 19.3 Å². The third-order valence-corrected chi connectivity index (χ3v) is 3.04. The highest BCUT2D eigenvalue weighted by Gasteiger charge is 2.27. The summed E-state index contributed by atoms with van der Waals surface area (Å²) < 4.78 is 10.6. The predicted molar refractivity (Wildman–Crippen MR) is 71.1 cm³/mol. The van der Waals surface area contributed by atoms with E-state index in [1.807, 2.05) is 6.07 Å². The normalized spacial score (nSPS) is 12.7. The van der Waals surface area contributed by atoms with Crippen molar-refractivity contribution in [1.29, 1.82) is 5.26 Å². The van der Waals surface area contributed by atoms with E-state index in [1.165, 1.54) is 12.3 Å². The molecule has 8 heteroatoms. The SMILES string of the molecule is N#Cc1cnc(Oc2ccc3c(c2)COB3O)c(OO)c1. The van der Waals surface area contributed by atoms with Crippen molar-refractivity contribution < 1.29 is 24.6 Å². The van der Waals surface area contributed by atoms with Gasteiger partial charge in [-0.15, -0.1) is 0 Å². The molecule has 1 aromatic carbocycles. The molecular formula is C13H9BN2O5. The van der Waals surface area contributed by atoms with Gasteiger partial charge in [-0.05, 0) is 23.2 Å². The number of rotatable bonds is 3. The van der Waals surface area contributed by atoms with Crippen molar-refractivity contribution >= 4 is 12.6 Å². The van der Waals surface area contributed by atoms with Crippen LogP contribution >= 0.6 is 0 Å². The van der Waals surface area contributed by atoms with Crippen LogP contribution in [-0.2, 0) is 11.3 Å². The van der Waals surface area contributed by atoms with Crippen LogP contribution in [0.15, 0.2) is 30.5 Å². The molecule has 0 fully saturated rings. The molecule has 0 unspecified atom stereocenters. The van der Waals surface area contributed by atoms with Crippen LogP contribution in [0, 0.1) is 11.3 Å². The molecule has 1 aliphatic heterocycles. The Kier molecular flexibility index (Phi) is 3.45. The minimum Gasteiger partial charge on any atom is -0.436 e. The summed E-state index contributed by atoms with van der Waals surface area (Å²) in [7, 11) is -0.918. The molecule has 104 valence electrons.